The van der Waals surface area contributed by atoms with Crippen molar-refractivity contribution in [1.82, 2.24) is 9.55 Å². The van der Waals surface area contributed by atoms with Crippen molar-refractivity contribution in [2.45, 2.75) is 13.5 Å². The fourth-order valence-corrected chi connectivity index (χ4v) is 2.54. The molecule has 0 fully saturated rings. The highest BCUT2D eigenvalue weighted by Crippen LogP contribution is 2.22. The van der Waals surface area contributed by atoms with E-state index in [2.05, 4.69) is 11.1 Å². The van der Waals surface area contributed by atoms with E-state index in [1.54, 1.807) is 13.0 Å². The van der Waals surface area contributed by atoms with Crippen molar-refractivity contribution in [2.24, 2.45) is 5.92 Å². The topological polar surface area (TPSA) is 78.7 Å². The van der Waals surface area contributed by atoms with E-state index in [0.717, 1.165) is 10.8 Å². The van der Waals surface area contributed by atoms with E-state index in [1.807, 2.05) is 30.3 Å². The van der Waals surface area contributed by atoms with Gasteiger partial charge in [-0.25, -0.2) is 0 Å². The number of nitrogens with zero attached hydrogens (tertiary/aromatic N) is 2. The smallest absolute Gasteiger partial charge is 0.316 e. The summed E-state index contributed by atoms with van der Waals surface area (Å²) >= 11 is 0. The van der Waals surface area contributed by atoms with E-state index < -0.39 is 11.1 Å². The molecule has 0 spiro atoms. The summed E-state index contributed by atoms with van der Waals surface area (Å²) in [6.45, 7) is 1.92. The van der Waals surface area contributed by atoms with Crippen molar-refractivity contribution >= 4 is 21.8 Å². The van der Waals surface area contributed by atoms with Crippen LogP contribution in [0.1, 0.15) is 6.92 Å². The summed E-state index contributed by atoms with van der Waals surface area (Å²) in [6.07, 6.45) is 0. The largest absolute Gasteiger partial charge is 0.316 e. The molecule has 1 atom stereocenters. The zero-order chi connectivity index (χ0) is 15.0. The first-order valence-corrected chi connectivity index (χ1v) is 6.66. The molecule has 1 aromatic heterocycles. The van der Waals surface area contributed by atoms with E-state index in [-0.39, 0.29) is 12.5 Å². The maximum Gasteiger partial charge on any atom is 0.316 e. The molecule has 104 valence electrons. The predicted molar refractivity (Wildman–Crippen MR) is 81.1 cm³/mol. The van der Waals surface area contributed by atoms with E-state index in [0.29, 0.717) is 11.0 Å². The van der Waals surface area contributed by atoms with Gasteiger partial charge >= 0.3 is 11.1 Å². The highest BCUT2D eigenvalue weighted by atomic mass is 16.2. The van der Waals surface area contributed by atoms with E-state index in [9.17, 15) is 9.59 Å². The van der Waals surface area contributed by atoms with Crippen LogP contribution in [0.3, 0.4) is 0 Å². The van der Waals surface area contributed by atoms with Gasteiger partial charge in [0.25, 0.3) is 0 Å². The number of aromatic nitrogens is 2. The third-order valence-electron chi connectivity index (χ3n) is 3.53. The fourth-order valence-electron chi connectivity index (χ4n) is 2.54. The Kier molecular flexibility index (Phi) is 3.07. The van der Waals surface area contributed by atoms with Crippen molar-refractivity contribution < 1.29 is 0 Å². The summed E-state index contributed by atoms with van der Waals surface area (Å²) in [4.78, 5) is 26.6. The molecule has 0 aliphatic rings. The second kappa shape index (κ2) is 4.91. The first-order valence-electron chi connectivity index (χ1n) is 6.66. The summed E-state index contributed by atoms with van der Waals surface area (Å²) in [5.74, 6) is -0.355. The lowest BCUT2D eigenvalue weighted by molar-refractivity contribution is 0.577. The van der Waals surface area contributed by atoms with Crippen LogP contribution in [-0.4, -0.2) is 9.55 Å². The number of H-pyrrole nitrogens is 1. The average Bonchev–Trinajstić information content (AvgIpc) is 2.51. The zero-order valence-corrected chi connectivity index (χ0v) is 11.5. The van der Waals surface area contributed by atoms with Crippen LogP contribution in [0.2, 0.25) is 0 Å². The molecule has 2 aromatic carbocycles. The highest BCUT2D eigenvalue weighted by molar-refractivity contribution is 6.03. The molecule has 21 heavy (non-hydrogen) atoms. The number of nitrogens with one attached hydrogen (secondary N) is 1. The molecule has 3 rings (SSSR count). The van der Waals surface area contributed by atoms with Gasteiger partial charge in [0.15, 0.2) is 0 Å². The predicted octanol–water partition coefficient (Wildman–Crippen LogP) is 2.00. The van der Waals surface area contributed by atoms with Gasteiger partial charge in [-0.05, 0) is 18.4 Å². The highest BCUT2D eigenvalue weighted by Gasteiger charge is 2.13. The Morgan fingerprint density at radius 3 is 2.76 bits per heavy atom. The molecular formula is C16H13N3O2. The molecular weight excluding hydrogens is 266 g/mol. The van der Waals surface area contributed by atoms with E-state index >= 15 is 0 Å². The lowest BCUT2D eigenvalue weighted by atomic mass is 10.1. The van der Waals surface area contributed by atoms with Gasteiger partial charge in [-0.3, -0.25) is 9.59 Å². The Morgan fingerprint density at radius 1 is 1.24 bits per heavy atom. The molecule has 0 amide bonds. The quantitative estimate of drug-likeness (QED) is 0.575. The van der Waals surface area contributed by atoms with Crippen LogP contribution in [0.4, 0.5) is 0 Å². The lowest BCUT2D eigenvalue weighted by Crippen LogP contribution is -2.37. The average molecular weight is 279 g/mol. The van der Waals surface area contributed by atoms with Crippen molar-refractivity contribution in [2.75, 3.05) is 0 Å². The van der Waals surface area contributed by atoms with E-state index in [1.165, 1.54) is 4.57 Å². The number of rotatable bonds is 2. The third kappa shape index (κ3) is 2.11. The minimum atomic E-state index is -0.664. The number of nitriles is 1. The minimum Gasteiger partial charge on any atom is -0.316 e. The number of hydrogen-bond acceptors (Lipinski definition) is 3. The summed E-state index contributed by atoms with van der Waals surface area (Å²) in [5, 5.41) is 10.9. The van der Waals surface area contributed by atoms with Crippen molar-refractivity contribution in [3.05, 3.63) is 57.1 Å². The molecule has 5 heteroatoms. The fraction of sp³-hybridized carbons (Fsp3) is 0.188. The Morgan fingerprint density at radius 2 is 2.00 bits per heavy atom. The normalized spacial score (nSPS) is 12.4. The SMILES string of the molecule is CC(C#N)Cn1c(=O)c(=O)[nH]c2ccc3ccccc3c21. The molecule has 0 radical (unpaired) electrons. The Labute approximate surface area is 120 Å². The Bertz CT molecular complexity index is 992. The van der Waals surface area contributed by atoms with Gasteiger partial charge < -0.3 is 9.55 Å². The molecule has 0 aliphatic carbocycles. The zero-order valence-electron chi connectivity index (χ0n) is 11.5. The monoisotopic (exact) mass is 279 g/mol. The first-order chi connectivity index (χ1) is 10.1. The molecule has 0 saturated heterocycles. The van der Waals surface area contributed by atoms with Gasteiger partial charge in [-0.2, -0.15) is 5.26 Å². The van der Waals surface area contributed by atoms with Gasteiger partial charge in [-0.1, -0.05) is 30.3 Å². The summed E-state index contributed by atoms with van der Waals surface area (Å²) in [6, 6.07) is 13.4. The molecule has 1 unspecified atom stereocenters. The van der Waals surface area contributed by atoms with Crippen LogP contribution < -0.4 is 11.1 Å². The maximum atomic E-state index is 12.2. The van der Waals surface area contributed by atoms with Crippen LogP contribution in [0.15, 0.2) is 46.0 Å². The summed E-state index contributed by atoms with van der Waals surface area (Å²) in [7, 11) is 0. The number of aromatic amines is 1. The number of hydrogen-bond donors (Lipinski definition) is 1. The van der Waals surface area contributed by atoms with Gasteiger partial charge in [0, 0.05) is 11.9 Å². The molecule has 0 bridgehead atoms. The van der Waals surface area contributed by atoms with Crippen LogP contribution in [0.5, 0.6) is 0 Å². The second-order valence-corrected chi connectivity index (χ2v) is 5.08. The molecule has 0 saturated carbocycles. The molecule has 1 N–H and O–H groups in total. The number of fused-ring (bicyclic) bond motifs is 3. The third-order valence-corrected chi connectivity index (χ3v) is 3.53. The van der Waals surface area contributed by atoms with Crippen molar-refractivity contribution in [3.8, 4) is 6.07 Å². The van der Waals surface area contributed by atoms with Gasteiger partial charge in [0.1, 0.15) is 0 Å². The van der Waals surface area contributed by atoms with Crippen LogP contribution in [0.25, 0.3) is 21.8 Å². The van der Waals surface area contributed by atoms with Crippen molar-refractivity contribution in [3.63, 3.8) is 0 Å². The van der Waals surface area contributed by atoms with Gasteiger partial charge in [-0.15, -0.1) is 0 Å². The van der Waals surface area contributed by atoms with Crippen LogP contribution in [-0.2, 0) is 6.54 Å². The van der Waals surface area contributed by atoms with Crippen LogP contribution in [0, 0.1) is 17.2 Å². The van der Waals surface area contributed by atoms with Crippen LogP contribution >= 0.6 is 0 Å². The first kappa shape index (κ1) is 13.1. The minimum absolute atomic E-state index is 0.198. The maximum absolute atomic E-state index is 12.2. The number of benzene rings is 2. The molecule has 1 heterocycles. The summed E-state index contributed by atoms with van der Waals surface area (Å²) in [5.41, 5.74) is -0.0212. The second-order valence-electron chi connectivity index (χ2n) is 5.08. The Hall–Kier alpha value is -2.87. The summed E-state index contributed by atoms with van der Waals surface area (Å²) < 4.78 is 1.41. The molecule has 0 aliphatic heterocycles. The molecule has 5 nitrogen and oxygen atoms in total. The van der Waals surface area contributed by atoms with Crippen molar-refractivity contribution in [1.29, 1.82) is 5.26 Å². The standard InChI is InChI=1S/C16H13N3O2/c1-10(8-17)9-19-14-12-5-3-2-4-11(12)6-7-13(14)18-15(20)16(19)21/h2-7,10H,9H2,1H3,(H,18,20). The van der Waals surface area contributed by atoms with Gasteiger partial charge in [0.2, 0.25) is 0 Å². The lowest BCUT2D eigenvalue weighted by Gasteiger charge is -2.12. The van der Waals surface area contributed by atoms with Gasteiger partial charge in [0.05, 0.1) is 23.0 Å². The Balaban J connectivity index is 2.50. The molecule has 3 aromatic rings. The van der Waals surface area contributed by atoms with E-state index in [4.69, 9.17) is 5.26 Å².